The molecule has 0 fully saturated rings. The number of unbranched alkanes of at least 4 members (excludes halogenated alkanes) is 1. The lowest BCUT2D eigenvalue weighted by Crippen LogP contribution is -2.27. The summed E-state index contributed by atoms with van der Waals surface area (Å²) in [5.41, 5.74) is 8.89. The van der Waals surface area contributed by atoms with Gasteiger partial charge in [0.05, 0.1) is 28.6 Å². The quantitative estimate of drug-likeness (QED) is 0.128. The van der Waals surface area contributed by atoms with Gasteiger partial charge in [-0.25, -0.2) is 15.0 Å². The number of rotatable bonds is 11. The van der Waals surface area contributed by atoms with E-state index in [2.05, 4.69) is 38.5 Å². The van der Waals surface area contributed by atoms with Crippen LogP contribution in [0.25, 0.3) is 33.7 Å². The molecule has 0 bridgehead atoms. The lowest BCUT2D eigenvalue weighted by Gasteiger charge is -2.21. The molecule has 11 nitrogen and oxygen atoms in total. The minimum atomic E-state index is -0.319. The Bertz CT molecular complexity index is 2340. The molecular formula is C40H39ClN8O3. The monoisotopic (exact) mass is 714 g/mol. The van der Waals surface area contributed by atoms with Gasteiger partial charge in [0.1, 0.15) is 11.6 Å². The van der Waals surface area contributed by atoms with Crippen LogP contribution in [0.4, 0.5) is 11.4 Å². The third-order valence-corrected chi connectivity index (χ3v) is 9.81. The Morgan fingerprint density at radius 1 is 1.08 bits per heavy atom. The molecule has 1 aliphatic heterocycles. The van der Waals surface area contributed by atoms with Gasteiger partial charge < -0.3 is 29.3 Å². The van der Waals surface area contributed by atoms with E-state index >= 15 is 0 Å². The summed E-state index contributed by atoms with van der Waals surface area (Å²) < 4.78 is 13.9. The van der Waals surface area contributed by atoms with Gasteiger partial charge in [0, 0.05) is 67.9 Å². The maximum atomic E-state index is 13.5. The summed E-state index contributed by atoms with van der Waals surface area (Å²) >= 11 is 7.00. The van der Waals surface area contributed by atoms with Crippen molar-refractivity contribution in [2.75, 3.05) is 30.8 Å². The zero-order valence-corrected chi connectivity index (χ0v) is 30.3. The number of amides is 1. The molecule has 3 aromatic carbocycles. The number of benzene rings is 3. The highest BCUT2D eigenvalue weighted by molar-refractivity contribution is 6.36. The predicted molar refractivity (Wildman–Crippen MR) is 203 cm³/mol. The van der Waals surface area contributed by atoms with Crippen LogP contribution in [0.15, 0.2) is 71.3 Å². The molecule has 3 aromatic heterocycles. The number of nitriles is 1. The highest BCUT2D eigenvalue weighted by atomic mass is 35.5. The number of hydrogen-bond acceptors (Lipinski definition) is 9. The van der Waals surface area contributed by atoms with Crippen molar-refractivity contribution in [2.24, 2.45) is 7.05 Å². The number of carbonyl (C=O) groups is 1. The first-order valence-electron chi connectivity index (χ1n) is 17.3. The first-order chi connectivity index (χ1) is 25.2. The molecule has 12 heteroatoms. The number of imidazole rings is 1. The summed E-state index contributed by atoms with van der Waals surface area (Å²) in [4.78, 5) is 29.4. The Morgan fingerprint density at radius 3 is 2.71 bits per heavy atom. The minimum Gasteiger partial charge on any atom is -0.478 e. The number of pyridine rings is 1. The van der Waals surface area contributed by atoms with E-state index in [9.17, 15) is 10.1 Å². The third kappa shape index (κ3) is 6.95. The molecule has 6 aromatic rings. The van der Waals surface area contributed by atoms with Crippen LogP contribution < -0.4 is 15.4 Å². The molecule has 4 heterocycles. The van der Waals surface area contributed by atoms with Gasteiger partial charge in [-0.3, -0.25) is 4.79 Å². The summed E-state index contributed by atoms with van der Waals surface area (Å²) in [6.07, 6.45) is 4.56. The zero-order valence-electron chi connectivity index (χ0n) is 29.6. The molecule has 1 aliphatic rings. The van der Waals surface area contributed by atoms with Crippen LogP contribution in [-0.4, -0.2) is 50.5 Å². The molecule has 0 aliphatic carbocycles. The molecule has 7 rings (SSSR count). The topological polar surface area (TPSA) is 134 Å². The fraction of sp³-hybridized carbons (Fsp3) is 0.275. The number of hydrogen-bond donors (Lipinski definition) is 2. The average Bonchev–Trinajstić information content (AvgIpc) is 3.72. The smallest absolute Gasteiger partial charge is 0.291 e. The van der Waals surface area contributed by atoms with Crippen molar-refractivity contribution in [2.45, 2.75) is 46.2 Å². The van der Waals surface area contributed by atoms with Crippen LogP contribution in [0, 0.1) is 18.3 Å². The summed E-state index contributed by atoms with van der Waals surface area (Å²) in [7, 11) is 3.93. The molecule has 52 heavy (non-hydrogen) atoms. The van der Waals surface area contributed by atoms with Crippen LogP contribution in [0.3, 0.4) is 0 Å². The Balaban J connectivity index is 1.13. The van der Waals surface area contributed by atoms with Crippen molar-refractivity contribution in [1.82, 2.24) is 24.4 Å². The molecule has 2 N–H and O–H groups in total. The van der Waals surface area contributed by atoms with Gasteiger partial charge in [0.15, 0.2) is 11.4 Å². The number of nitrogens with one attached hydrogen (secondary N) is 2. The number of nitrogens with zero attached hydrogens (tertiary/aromatic N) is 6. The Labute approximate surface area is 307 Å². The maximum Gasteiger partial charge on any atom is 0.291 e. The first kappa shape index (κ1) is 34.7. The molecule has 0 radical (unpaired) electrons. The van der Waals surface area contributed by atoms with E-state index in [0.29, 0.717) is 64.7 Å². The Kier molecular flexibility index (Phi) is 9.94. The summed E-state index contributed by atoms with van der Waals surface area (Å²) in [6, 6.07) is 21.1. The van der Waals surface area contributed by atoms with Crippen molar-refractivity contribution in [3.8, 4) is 34.5 Å². The number of aromatic nitrogens is 4. The number of halogens is 1. The number of carbonyl (C=O) groups excluding carboxylic acids is 1. The highest BCUT2D eigenvalue weighted by Gasteiger charge is 2.25. The van der Waals surface area contributed by atoms with Gasteiger partial charge in [-0.05, 0) is 67.4 Å². The van der Waals surface area contributed by atoms with E-state index in [4.69, 9.17) is 25.7 Å². The Morgan fingerprint density at radius 2 is 1.88 bits per heavy atom. The van der Waals surface area contributed by atoms with Crippen LogP contribution in [0.5, 0.6) is 5.88 Å². The van der Waals surface area contributed by atoms with Crippen LogP contribution in [0.2, 0.25) is 5.02 Å². The zero-order chi connectivity index (χ0) is 36.4. The summed E-state index contributed by atoms with van der Waals surface area (Å²) in [5, 5.41) is 16.8. The first-order valence-corrected chi connectivity index (χ1v) is 17.7. The van der Waals surface area contributed by atoms with Gasteiger partial charge in [0.25, 0.3) is 5.91 Å². The van der Waals surface area contributed by atoms with Gasteiger partial charge in [0.2, 0.25) is 11.8 Å². The van der Waals surface area contributed by atoms with Gasteiger partial charge in [-0.2, -0.15) is 5.26 Å². The molecule has 0 atom stereocenters. The van der Waals surface area contributed by atoms with Crippen LogP contribution in [0.1, 0.15) is 58.5 Å². The number of likely N-dealkylation sites (N-methyl/N-ethyl adjacent to an activating group) is 1. The minimum absolute atomic E-state index is 0.319. The van der Waals surface area contributed by atoms with Crippen molar-refractivity contribution >= 4 is 40.0 Å². The number of oxazole rings is 1. The Hall–Kier alpha value is -5.70. The molecule has 0 saturated heterocycles. The fourth-order valence-corrected chi connectivity index (χ4v) is 6.83. The number of fused-ring (bicyclic) bond motifs is 2. The highest BCUT2D eigenvalue weighted by Crippen LogP contribution is 2.39. The van der Waals surface area contributed by atoms with Crippen LogP contribution in [-0.2, 0) is 26.6 Å². The molecule has 264 valence electrons. The molecule has 0 saturated carbocycles. The summed E-state index contributed by atoms with van der Waals surface area (Å²) in [5.74, 6) is 0.994. The lowest BCUT2D eigenvalue weighted by molar-refractivity contribution is 0.101. The second kappa shape index (κ2) is 14.9. The maximum absolute atomic E-state index is 13.5. The standard InChI is InChI=1S/C40H39ClN8O3/c1-5-6-17-51-35-20-27(13-15-43-35)44-22-25-18-26(21-42)37-32(19-25)47-40(52-37)29-10-7-9-28(24(29)2)30-11-8-12-31(36(30)41)46-39(50)38-45-33-23-48(3)16-14-34(33)49(38)4/h7-13,15,18-20H,5-6,14,16-17,22-23H2,1-4H3,(H,43,44)(H,46,50). The van der Waals surface area contributed by atoms with E-state index < -0.39 is 0 Å². The second-order valence-corrected chi connectivity index (χ2v) is 13.4. The van der Waals surface area contributed by atoms with Crippen molar-refractivity contribution in [3.05, 3.63) is 106 Å². The van der Waals surface area contributed by atoms with Crippen molar-refractivity contribution < 1.29 is 13.9 Å². The summed E-state index contributed by atoms with van der Waals surface area (Å²) in [6.45, 7) is 6.81. The second-order valence-electron chi connectivity index (χ2n) is 13.0. The fourth-order valence-electron chi connectivity index (χ4n) is 6.55. The molecular weight excluding hydrogens is 676 g/mol. The van der Waals surface area contributed by atoms with Crippen molar-refractivity contribution in [3.63, 3.8) is 0 Å². The van der Waals surface area contributed by atoms with E-state index in [1.165, 1.54) is 0 Å². The van der Waals surface area contributed by atoms with Gasteiger partial charge in [-0.1, -0.05) is 49.2 Å². The number of ether oxygens (including phenoxy) is 1. The van der Waals surface area contributed by atoms with E-state index in [-0.39, 0.29) is 5.91 Å². The van der Waals surface area contributed by atoms with Crippen molar-refractivity contribution in [1.29, 1.82) is 5.26 Å². The van der Waals surface area contributed by atoms with E-state index in [1.54, 1.807) is 12.3 Å². The third-order valence-electron chi connectivity index (χ3n) is 9.40. The largest absolute Gasteiger partial charge is 0.478 e. The van der Waals surface area contributed by atoms with Gasteiger partial charge >= 0.3 is 0 Å². The van der Waals surface area contributed by atoms with E-state index in [0.717, 1.165) is 70.7 Å². The van der Waals surface area contributed by atoms with Gasteiger partial charge in [-0.15, -0.1) is 0 Å². The van der Waals surface area contributed by atoms with Crippen LogP contribution >= 0.6 is 11.6 Å². The SMILES string of the molecule is CCCCOc1cc(NCc2cc(C#N)c3oc(-c4cccc(-c5cccc(NC(=O)c6nc7c(n6C)CCN(C)C7)c5Cl)c4C)nc3c2)ccn1. The van der Waals surface area contributed by atoms with E-state index in [1.807, 2.05) is 80.2 Å². The number of anilines is 2. The lowest BCUT2D eigenvalue weighted by atomic mass is 9.96. The predicted octanol–water partition coefficient (Wildman–Crippen LogP) is 8.16. The molecule has 0 unspecified atom stereocenters. The molecule has 1 amide bonds. The average molecular weight is 715 g/mol. The normalized spacial score (nSPS) is 12.8. The molecule has 0 spiro atoms.